The summed E-state index contributed by atoms with van der Waals surface area (Å²) in [6.45, 7) is 4.93. The predicted octanol–water partition coefficient (Wildman–Crippen LogP) is 5.27. The van der Waals surface area contributed by atoms with Gasteiger partial charge in [0.15, 0.2) is 0 Å². The van der Waals surface area contributed by atoms with Crippen LogP contribution in [0.3, 0.4) is 0 Å². The molecule has 4 rings (SSSR count). The van der Waals surface area contributed by atoms with Crippen LogP contribution in [0.4, 0.5) is 5.69 Å². The van der Waals surface area contributed by atoms with E-state index in [1.54, 1.807) is 0 Å². The molecule has 0 amide bonds. The first kappa shape index (κ1) is 24.8. The summed E-state index contributed by atoms with van der Waals surface area (Å²) >= 11 is 12.8. The van der Waals surface area contributed by atoms with Crippen molar-refractivity contribution >= 4 is 38.9 Å². The van der Waals surface area contributed by atoms with Gasteiger partial charge in [-0.25, -0.2) is 13.1 Å². The maximum atomic E-state index is 12.9. The maximum absolute atomic E-state index is 12.9. The summed E-state index contributed by atoms with van der Waals surface area (Å²) in [7, 11) is -1.26. The number of nitrogens with zero attached hydrogens (tertiary/aromatic N) is 2. The van der Waals surface area contributed by atoms with Crippen molar-refractivity contribution in [1.82, 2.24) is 9.62 Å². The molecule has 1 unspecified atom stereocenters. The number of rotatable bonds is 6. The third kappa shape index (κ3) is 6.04. The minimum Gasteiger partial charge on any atom is -0.364 e. The van der Waals surface area contributed by atoms with Crippen LogP contribution in [0, 0.1) is 12.8 Å². The minimum atomic E-state index is -3.30. The summed E-state index contributed by atoms with van der Waals surface area (Å²) in [5, 5.41) is 1.19. The standard InChI is InChI=1S/C25H33Cl2N3O2S/c1-18-3-9-23(24(27)15-18)25-10-4-19(17-30(25)21-7-5-20(26)6-8-21)16-28-33(31,32)22-11-13-29(2)14-12-22/h3,5-9,15,19,22,25,28H,4,10-14,16-17H2,1-2H3/t19-,25?/m0/s1. The van der Waals surface area contributed by atoms with Crippen molar-refractivity contribution in [3.8, 4) is 0 Å². The number of aryl methyl sites for hydroxylation is 1. The first-order valence-corrected chi connectivity index (χ1v) is 14.0. The molecule has 2 aliphatic rings. The Hall–Kier alpha value is -1.31. The number of anilines is 1. The van der Waals surface area contributed by atoms with Crippen molar-refractivity contribution in [3.63, 3.8) is 0 Å². The fraction of sp³-hybridized carbons (Fsp3) is 0.520. The van der Waals surface area contributed by atoms with Crippen molar-refractivity contribution in [3.05, 3.63) is 63.6 Å². The number of hydrogen-bond donors (Lipinski definition) is 1. The molecule has 0 bridgehead atoms. The minimum absolute atomic E-state index is 0.140. The number of nitrogens with one attached hydrogen (secondary N) is 1. The molecule has 0 radical (unpaired) electrons. The number of halogens is 2. The van der Waals surface area contributed by atoms with Crippen molar-refractivity contribution in [2.45, 2.75) is 43.9 Å². The second-order valence-corrected chi connectivity index (χ2v) is 12.4. The van der Waals surface area contributed by atoms with E-state index in [2.05, 4.69) is 26.7 Å². The largest absolute Gasteiger partial charge is 0.364 e. The van der Waals surface area contributed by atoms with Crippen LogP contribution in [0.5, 0.6) is 0 Å². The molecule has 2 aromatic carbocycles. The quantitative estimate of drug-likeness (QED) is 0.575. The molecule has 8 heteroatoms. The molecule has 0 saturated carbocycles. The monoisotopic (exact) mass is 509 g/mol. The lowest BCUT2D eigenvalue weighted by Crippen LogP contribution is -2.46. The highest BCUT2D eigenvalue weighted by Crippen LogP contribution is 2.40. The Labute approximate surface area is 208 Å². The van der Waals surface area contributed by atoms with E-state index < -0.39 is 10.0 Å². The van der Waals surface area contributed by atoms with Crippen LogP contribution in [0.2, 0.25) is 10.0 Å². The third-order valence-corrected chi connectivity index (χ3v) is 9.53. The number of hydrogen-bond acceptors (Lipinski definition) is 4. The molecule has 2 atom stereocenters. The van der Waals surface area contributed by atoms with Crippen LogP contribution in [0.15, 0.2) is 42.5 Å². The Morgan fingerprint density at radius 1 is 1.00 bits per heavy atom. The normalized spacial score (nSPS) is 23.1. The van der Waals surface area contributed by atoms with Gasteiger partial charge < -0.3 is 9.80 Å². The molecule has 2 aliphatic heterocycles. The number of piperidine rings is 2. The molecule has 0 aromatic heterocycles. The van der Waals surface area contributed by atoms with E-state index in [9.17, 15) is 8.42 Å². The molecule has 1 N–H and O–H groups in total. The van der Waals surface area contributed by atoms with E-state index in [4.69, 9.17) is 23.2 Å². The second-order valence-electron chi connectivity index (χ2n) is 9.51. The Morgan fingerprint density at radius 2 is 1.70 bits per heavy atom. The van der Waals surface area contributed by atoms with Gasteiger partial charge in [0.05, 0.1) is 11.3 Å². The topological polar surface area (TPSA) is 52.7 Å². The highest BCUT2D eigenvalue weighted by atomic mass is 35.5. The molecule has 180 valence electrons. The fourth-order valence-corrected chi connectivity index (χ4v) is 7.03. The van der Waals surface area contributed by atoms with Gasteiger partial charge in [0.1, 0.15) is 0 Å². The summed E-state index contributed by atoms with van der Waals surface area (Å²) in [6, 6.07) is 14.2. The zero-order valence-corrected chi connectivity index (χ0v) is 21.6. The fourth-order valence-electron chi connectivity index (χ4n) is 5.00. The van der Waals surface area contributed by atoms with Gasteiger partial charge in [0.2, 0.25) is 10.0 Å². The van der Waals surface area contributed by atoms with Gasteiger partial charge in [-0.05, 0) is 100 Å². The van der Waals surface area contributed by atoms with E-state index in [-0.39, 0.29) is 17.2 Å². The van der Waals surface area contributed by atoms with Gasteiger partial charge in [0.25, 0.3) is 0 Å². The first-order valence-electron chi connectivity index (χ1n) is 11.7. The summed E-state index contributed by atoms with van der Waals surface area (Å²) in [5.41, 5.74) is 3.32. The molecule has 2 fully saturated rings. The third-order valence-electron chi connectivity index (χ3n) is 7.03. The second kappa shape index (κ2) is 10.5. The van der Waals surface area contributed by atoms with Crippen LogP contribution < -0.4 is 9.62 Å². The number of benzene rings is 2. The molecule has 2 aromatic rings. The molecule has 0 aliphatic carbocycles. The smallest absolute Gasteiger partial charge is 0.214 e. The van der Waals surface area contributed by atoms with Crippen molar-refractivity contribution in [2.24, 2.45) is 5.92 Å². The van der Waals surface area contributed by atoms with Crippen LogP contribution >= 0.6 is 23.2 Å². The van der Waals surface area contributed by atoms with E-state index >= 15 is 0 Å². The molecule has 33 heavy (non-hydrogen) atoms. The molecular formula is C25H33Cl2N3O2S. The van der Waals surface area contributed by atoms with Crippen LogP contribution in [0.1, 0.15) is 42.9 Å². The summed E-state index contributed by atoms with van der Waals surface area (Å²) < 4.78 is 28.8. The lowest BCUT2D eigenvalue weighted by Gasteiger charge is -2.42. The summed E-state index contributed by atoms with van der Waals surface area (Å²) in [4.78, 5) is 4.54. The van der Waals surface area contributed by atoms with Crippen LogP contribution in [-0.2, 0) is 10.0 Å². The summed E-state index contributed by atoms with van der Waals surface area (Å²) in [5.74, 6) is 0.224. The van der Waals surface area contributed by atoms with Gasteiger partial charge in [-0.3, -0.25) is 0 Å². The van der Waals surface area contributed by atoms with Crippen molar-refractivity contribution in [2.75, 3.05) is 38.1 Å². The zero-order valence-electron chi connectivity index (χ0n) is 19.3. The van der Waals surface area contributed by atoms with Crippen molar-refractivity contribution in [1.29, 1.82) is 0 Å². The zero-order chi connectivity index (χ0) is 23.6. The van der Waals surface area contributed by atoms with Gasteiger partial charge in [0, 0.05) is 28.8 Å². The van der Waals surface area contributed by atoms with E-state index in [0.29, 0.717) is 24.4 Å². The van der Waals surface area contributed by atoms with E-state index in [1.807, 2.05) is 44.3 Å². The Bertz CT molecular complexity index is 1050. The molecular weight excluding hydrogens is 477 g/mol. The molecule has 2 heterocycles. The predicted molar refractivity (Wildman–Crippen MR) is 138 cm³/mol. The average molecular weight is 511 g/mol. The molecule has 5 nitrogen and oxygen atoms in total. The van der Waals surface area contributed by atoms with E-state index in [0.717, 1.165) is 54.3 Å². The molecule has 2 saturated heterocycles. The van der Waals surface area contributed by atoms with Gasteiger partial charge in [-0.15, -0.1) is 0 Å². The number of likely N-dealkylation sites (tertiary alicyclic amines) is 1. The lowest BCUT2D eigenvalue weighted by atomic mass is 9.88. The van der Waals surface area contributed by atoms with Gasteiger partial charge in [-0.1, -0.05) is 35.3 Å². The first-order chi connectivity index (χ1) is 15.7. The van der Waals surface area contributed by atoms with E-state index in [1.165, 1.54) is 0 Å². The Balaban J connectivity index is 1.49. The summed E-state index contributed by atoms with van der Waals surface area (Å²) in [6.07, 6.45) is 3.24. The highest BCUT2D eigenvalue weighted by Gasteiger charge is 2.33. The van der Waals surface area contributed by atoms with Crippen molar-refractivity contribution < 1.29 is 8.42 Å². The Kier molecular flexibility index (Phi) is 7.91. The molecule has 0 spiro atoms. The van der Waals surface area contributed by atoms with Gasteiger partial charge >= 0.3 is 0 Å². The van der Waals surface area contributed by atoms with Crippen LogP contribution in [0.25, 0.3) is 0 Å². The highest BCUT2D eigenvalue weighted by molar-refractivity contribution is 7.90. The van der Waals surface area contributed by atoms with Gasteiger partial charge in [-0.2, -0.15) is 0 Å². The van der Waals surface area contributed by atoms with Crippen LogP contribution in [-0.4, -0.2) is 51.8 Å². The maximum Gasteiger partial charge on any atom is 0.214 e. The lowest BCUT2D eigenvalue weighted by molar-refractivity contribution is 0.276. The SMILES string of the molecule is Cc1ccc(C2CC[C@@H](CNS(=O)(=O)C3CCN(C)CC3)CN2c2ccc(Cl)cc2)c(Cl)c1. The Morgan fingerprint density at radius 3 is 2.36 bits per heavy atom. The number of sulfonamides is 1. The average Bonchev–Trinajstić information content (AvgIpc) is 2.79.